The van der Waals surface area contributed by atoms with Gasteiger partial charge in [-0.25, -0.2) is 0 Å². The van der Waals surface area contributed by atoms with E-state index in [-0.39, 0.29) is 24.3 Å². The van der Waals surface area contributed by atoms with E-state index in [4.69, 9.17) is 0 Å². The number of H-pyrrole nitrogens is 1. The molecule has 2 aliphatic heterocycles. The molecule has 2 aromatic carbocycles. The number of aliphatic hydroxyl groups excluding tert-OH is 1. The van der Waals surface area contributed by atoms with Gasteiger partial charge in [0.05, 0.1) is 19.6 Å². The van der Waals surface area contributed by atoms with Crippen LogP contribution in [-0.4, -0.2) is 112 Å². The smallest absolute Gasteiger partial charge is 0.246 e. The van der Waals surface area contributed by atoms with Crippen molar-refractivity contribution in [1.29, 1.82) is 0 Å². The zero-order chi connectivity index (χ0) is 38.2. The summed E-state index contributed by atoms with van der Waals surface area (Å²) in [6.07, 6.45) is 0.903. The summed E-state index contributed by atoms with van der Waals surface area (Å²) in [5.74, 6) is -5.68. The van der Waals surface area contributed by atoms with Crippen LogP contribution >= 0.6 is 0 Å². The summed E-state index contributed by atoms with van der Waals surface area (Å²) in [5, 5.41) is 36.7. The molecular formula is C36H44N8O9. The van der Waals surface area contributed by atoms with Crippen LogP contribution in [0, 0.1) is 5.92 Å². The maximum Gasteiger partial charge on any atom is 0.246 e. The van der Waals surface area contributed by atoms with Gasteiger partial charge in [-0.15, -0.1) is 0 Å². The molecule has 0 aliphatic carbocycles. The Kier molecular flexibility index (Phi) is 12.3. The normalized spacial score (nSPS) is 23.5. The highest BCUT2D eigenvalue weighted by atomic mass is 16.3. The molecule has 0 unspecified atom stereocenters. The molecule has 17 heteroatoms. The lowest BCUT2D eigenvalue weighted by Gasteiger charge is -2.29. The molecule has 5 rings (SSSR count). The highest BCUT2D eigenvalue weighted by Crippen LogP contribution is 2.23. The zero-order valence-electron chi connectivity index (χ0n) is 29.3. The third-order valence-electron chi connectivity index (χ3n) is 9.26. The van der Waals surface area contributed by atoms with Crippen molar-refractivity contribution in [2.24, 2.45) is 5.92 Å². The Morgan fingerprint density at radius 3 is 2.00 bits per heavy atom. The van der Waals surface area contributed by atoms with Gasteiger partial charge in [0.15, 0.2) is 0 Å². The van der Waals surface area contributed by atoms with Crippen molar-refractivity contribution in [3.05, 3.63) is 65.9 Å². The number of hydrogen-bond acceptors (Lipinski definition) is 9. The van der Waals surface area contributed by atoms with Crippen LogP contribution < -0.4 is 31.9 Å². The van der Waals surface area contributed by atoms with E-state index in [1.807, 2.05) is 24.3 Å². The van der Waals surface area contributed by atoms with Crippen molar-refractivity contribution in [3.63, 3.8) is 0 Å². The van der Waals surface area contributed by atoms with Crippen LogP contribution in [0.2, 0.25) is 0 Å². The first-order valence-electron chi connectivity index (χ1n) is 17.4. The monoisotopic (exact) mass is 732 g/mol. The molecule has 2 aliphatic rings. The Bertz CT molecular complexity index is 1860. The number of carbonyl (C=O) groups excluding carboxylic acids is 7. The van der Waals surface area contributed by atoms with Crippen LogP contribution in [0.4, 0.5) is 0 Å². The van der Waals surface area contributed by atoms with Crippen LogP contribution in [0.1, 0.15) is 43.9 Å². The molecule has 282 valence electrons. The summed E-state index contributed by atoms with van der Waals surface area (Å²) < 4.78 is 0. The fourth-order valence-corrected chi connectivity index (χ4v) is 6.44. The lowest BCUT2D eigenvalue weighted by molar-refractivity contribution is -0.141. The van der Waals surface area contributed by atoms with E-state index in [0.29, 0.717) is 18.4 Å². The second-order valence-electron chi connectivity index (χ2n) is 13.4. The quantitative estimate of drug-likeness (QED) is 0.150. The van der Waals surface area contributed by atoms with Gasteiger partial charge >= 0.3 is 0 Å². The summed E-state index contributed by atoms with van der Waals surface area (Å²) in [7, 11) is 0. The minimum Gasteiger partial charge on any atom is -0.508 e. The van der Waals surface area contributed by atoms with E-state index in [1.54, 1.807) is 20.0 Å². The number of rotatable bonds is 5. The van der Waals surface area contributed by atoms with E-state index in [2.05, 4.69) is 36.9 Å². The number of aromatic amines is 1. The van der Waals surface area contributed by atoms with E-state index >= 15 is 0 Å². The van der Waals surface area contributed by atoms with Crippen molar-refractivity contribution >= 4 is 52.3 Å². The predicted octanol–water partition coefficient (Wildman–Crippen LogP) is -1.39. The molecule has 2 saturated heterocycles. The summed E-state index contributed by atoms with van der Waals surface area (Å²) >= 11 is 0. The first-order valence-corrected chi connectivity index (χ1v) is 17.4. The number of fused-ring (bicyclic) bond motifs is 2. The fraction of sp³-hybridized carbons (Fsp3) is 0.417. The van der Waals surface area contributed by atoms with Gasteiger partial charge in [-0.05, 0) is 48.1 Å². The average Bonchev–Trinajstić information content (AvgIpc) is 3.80. The van der Waals surface area contributed by atoms with Crippen molar-refractivity contribution in [3.8, 4) is 5.75 Å². The number of para-hydroxylation sites is 1. The number of aromatic nitrogens is 1. The highest BCUT2D eigenvalue weighted by molar-refractivity contribution is 5.97. The Labute approximate surface area is 304 Å². The van der Waals surface area contributed by atoms with Crippen LogP contribution in [0.15, 0.2) is 54.7 Å². The van der Waals surface area contributed by atoms with Crippen molar-refractivity contribution in [2.45, 2.75) is 63.4 Å². The zero-order valence-corrected chi connectivity index (χ0v) is 29.3. The van der Waals surface area contributed by atoms with E-state index in [9.17, 15) is 43.8 Å². The van der Waals surface area contributed by atoms with E-state index in [1.165, 1.54) is 29.2 Å². The molecule has 9 N–H and O–H groups in total. The largest absolute Gasteiger partial charge is 0.508 e. The summed E-state index contributed by atoms with van der Waals surface area (Å²) in [6.45, 7) is 1.76. The Morgan fingerprint density at radius 2 is 1.34 bits per heavy atom. The number of phenols is 1. The van der Waals surface area contributed by atoms with Crippen LogP contribution in [-0.2, 0) is 40.0 Å². The molecule has 0 radical (unpaired) electrons. The summed E-state index contributed by atoms with van der Waals surface area (Å²) in [4.78, 5) is 97.9. The lowest BCUT2D eigenvalue weighted by atomic mass is 10.0. The Hall–Kier alpha value is -5.97. The molecule has 2 fully saturated rings. The first kappa shape index (κ1) is 38.3. The molecule has 5 atom stereocenters. The molecule has 0 bridgehead atoms. The third kappa shape index (κ3) is 9.48. The number of hydrogen-bond donors (Lipinski definition) is 9. The van der Waals surface area contributed by atoms with Crippen LogP contribution in [0.25, 0.3) is 10.9 Å². The fourth-order valence-electron chi connectivity index (χ4n) is 6.44. The highest BCUT2D eigenvalue weighted by Gasteiger charge is 2.39. The van der Waals surface area contributed by atoms with Gasteiger partial charge in [0.2, 0.25) is 41.4 Å². The maximum atomic E-state index is 14.1. The predicted molar refractivity (Wildman–Crippen MR) is 189 cm³/mol. The van der Waals surface area contributed by atoms with Crippen molar-refractivity contribution in [1.82, 2.24) is 41.8 Å². The number of carbonyl (C=O) groups is 7. The summed E-state index contributed by atoms with van der Waals surface area (Å²) in [5.41, 5.74) is 1.68. The van der Waals surface area contributed by atoms with Gasteiger partial charge in [-0.3, -0.25) is 33.6 Å². The minimum atomic E-state index is -1.67. The number of aliphatic hydroxyl groups is 1. The van der Waals surface area contributed by atoms with Gasteiger partial charge in [0, 0.05) is 30.1 Å². The number of aromatic hydroxyl groups is 1. The van der Waals surface area contributed by atoms with Crippen LogP contribution in [0.5, 0.6) is 5.75 Å². The topological polar surface area (TPSA) is 251 Å². The molecule has 0 spiro atoms. The van der Waals surface area contributed by atoms with Gasteiger partial charge in [-0.1, -0.05) is 44.2 Å². The Morgan fingerprint density at radius 1 is 0.755 bits per heavy atom. The molecule has 1 aromatic heterocycles. The maximum absolute atomic E-state index is 14.1. The number of amides is 7. The number of phenolic OH excluding ortho intramolecular Hbond substituents is 1. The molecule has 0 saturated carbocycles. The number of nitrogens with zero attached hydrogens (tertiary/aromatic N) is 1. The average molecular weight is 733 g/mol. The summed E-state index contributed by atoms with van der Waals surface area (Å²) in [6, 6.07) is 7.76. The molecule has 17 nitrogen and oxygen atoms in total. The molecule has 53 heavy (non-hydrogen) atoms. The number of nitrogens with one attached hydrogen (secondary N) is 7. The standard InChI is InChI=1S/C36H44N8O9/c1-19(2)30-34(51)39-18-29(48)43-31(32(49)20-9-11-22(45)12-10-20)35(52)40-16-27(46)41-25(14-21-15-37-24-7-4-3-6-23(21)24)36(53)44-13-5-8-26(44)33(50)38-17-28(47)42-30/h3-4,6-7,9-12,15,19,25-26,30-32,37,45,49H,5,8,13-14,16-18H2,1-2H3,(H,38,50)(H,39,51)(H,40,52)(H,41,46)(H,42,47)(H,43,48)/t25-,26-,30-,31-,32-/m1/s1. The molecular weight excluding hydrogens is 688 g/mol. The first-order chi connectivity index (χ1) is 25.3. The SMILES string of the molecule is CC(C)[C@H]1NC(=O)CNC(=O)[C@H]2CCCN2C(=O)[C@@H](Cc2c[nH]c3ccccc23)NC(=O)CNC(=O)[C@@H]([C@H](O)c2ccc(O)cc2)NC(=O)CNC1=O. The Balaban J connectivity index is 1.44. The van der Waals surface area contributed by atoms with Gasteiger partial charge in [0.25, 0.3) is 0 Å². The van der Waals surface area contributed by atoms with Gasteiger partial charge in [0.1, 0.15) is 36.0 Å². The van der Waals surface area contributed by atoms with E-state index in [0.717, 1.165) is 10.9 Å². The molecule has 3 heterocycles. The van der Waals surface area contributed by atoms with Crippen LogP contribution in [0.3, 0.4) is 0 Å². The minimum absolute atomic E-state index is 0.0334. The van der Waals surface area contributed by atoms with Gasteiger partial charge in [-0.2, -0.15) is 0 Å². The number of benzene rings is 2. The lowest BCUT2D eigenvalue weighted by Crippen LogP contribution is -2.56. The second-order valence-corrected chi connectivity index (χ2v) is 13.4. The van der Waals surface area contributed by atoms with Gasteiger partial charge < -0.3 is 52.0 Å². The second kappa shape index (κ2) is 17.0. The molecule has 7 amide bonds. The third-order valence-corrected chi connectivity index (χ3v) is 9.26. The van der Waals surface area contributed by atoms with E-state index < -0.39 is 97.2 Å². The molecule has 3 aromatic rings. The van der Waals surface area contributed by atoms with Crippen molar-refractivity contribution < 1.29 is 43.8 Å². The van der Waals surface area contributed by atoms with Crippen molar-refractivity contribution in [2.75, 3.05) is 26.2 Å².